The molecule has 0 spiro atoms. The molecule has 1 aliphatic carbocycles. The Hall–Kier alpha value is -1.95. The van der Waals surface area contributed by atoms with Crippen molar-refractivity contribution in [3.8, 4) is 6.01 Å². The molecule has 5 rings (SSSR count). The Morgan fingerprint density at radius 1 is 1.29 bits per heavy atom. The molecule has 4 atom stereocenters. The number of nitrogens with zero attached hydrogens (tertiary/aromatic N) is 4. The minimum atomic E-state index is -0.752. The van der Waals surface area contributed by atoms with E-state index < -0.39 is 12.0 Å². The van der Waals surface area contributed by atoms with Gasteiger partial charge in [-0.15, -0.1) is 0 Å². The van der Waals surface area contributed by atoms with Gasteiger partial charge in [-0.2, -0.15) is 9.97 Å². The number of carbonyl (C=O) groups excluding carboxylic acids is 1. The Kier molecular flexibility index (Phi) is 5.32. The van der Waals surface area contributed by atoms with Crippen LogP contribution in [0.15, 0.2) is 6.33 Å². The van der Waals surface area contributed by atoms with Gasteiger partial charge in [0.2, 0.25) is 0 Å². The van der Waals surface area contributed by atoms with Crippen LogP contribution in [0, 0.1) is 0 Å². The van der Waals surface area contributed by atoms with Gasteiger partial charge < -0.3 is 24.7 Å². The van der Waals surface area contributed by atoms with Gasteiger partial charge in [-0.3, -0.25) is 9.36 Å². The first kappa shape index (κ1) is 20.9. The normalized spacial score (nSPS) is 30.2. The number of nitrogens with two attached hydrogens (primary N) is 1. The summed E-state index contributed by atoms with van der Waals surface area (Å²) in [5.41, 5.74) is 7.17. The molecule has 10 nitrogen and oxygen atoms in total. The van der Waals surface area contributed by atoms with Gasteiger partial charge in [0.15, 0.2) is 34.1 Å². The molecule has 3 fully saturated rings. The average Bonchev–Trinajstić information content (AvgIpc) is 3.44. The monoisotopic (exact) mass is 449 g/mol. The van der Waals surface area contributed by atoms with E-state index in [9.17, 15) is 4.79 Å². The predicted octanol–water partition coefficient (Wildman–Crippen LogP) is 2.43. The van der Waals surface area contributed by atoms with E-state index >= 15 is 0 Å². The van der Waals surface area contributed by atoms with Crippen LogP contribution in [0.1, 0.15) is 52.7 Å². The number of anilines is 1. The Bertz CT molecular complexity index is 992. The Morgan fingerprint density at radius 3 is 2.77 bits per heavy atom. The van der Waals surface area contributed by atoms with Gasteiger partial charge >= 0.3 is 6.01 Å². The second kappa shape index (κ2) is 7.88. The number of aromatic nitrogens is 4. The molecule has 0 bridgehead atoms. The Morgan fingerprint density at radius 2 is 2.03 bits per heavy atom. The molecule has 31 heavy (non-hydrogen) atoms. The van der Waals surface area contributed by atoms with Crippen molar-refractivity contribution < 1.29 is 23.7 Å². The van der Waals surface area contributed by atoms with Crippen LogP contribution in [0.3, 0.4) is 0 Å². The molecule has 3 aliphatic rings. The summed E-state index contributed by atoms with van der Waals surface area (Å²) in [7, 11) is 0. The molecule has 0 aromatic carbocycles. The standard InChI is InChI=1S/C20H27N5O5S/c1-10(26)31-8-12-14-15(30-20(2,3)29-14)18(28-12)25-9-22-13-16(21)23-19(24-17(13)25)27-11-6-4-5-7-11/h9,11-12,14-15,18H,4-8H2,1-3H3,(H2,21,23,24)/t12-,14-,15-,18-/m1/s1. The zero-order chi connectivity index (χ0) is 21.8. The van der Waals surface area contributed by atoms with Gasteiger partial charge in [0.05, 0.1) is 12.4 Å². The highest BCUT2D eigenvalue weighted by Gasteiger charge is 2.56. The van der Waals surface area contributed by atoms with Gasteiger partial charge in [-0.1, -0.05) is 11.8 Å². The van der Waals surface area contributed by atoms with E-state index in [4.69, 9.17) is 24.7 Å². The van der Waals surface area contributed by atoms with E-state index in [1.54, 1.807) is 17.8 Å². The molecule has 4 heterocycles. The van der Waals surface area contributed by atoms with Crippen LogP contribution in [0.2, 0.25) is 0 Å². The van der Waals surface area contributed by atoms with Crippen molar-refractivity contribution in [2.75, 3.05) is 11.5 Å². The maximum Gasteiger partial charge on any atom is 0.320 e. The number of fused-ring (bicyclic) bond motifs is 2. The van der Waals surface area contributed by atoms with E-state index in [-0.39, 0.29) is 41.4 Å². The van der Waals surface area contributed by atoms with Crippen LogP contribution >= 0.6 is 11.8 Å². The third-order valence-electron chi connectivity index (χ3n) is 5.85. The largest absolute Gasteiger partial charge is 0.460 e. The Labute approximate surface area is 184 Å². The van der Waals surface area contributed by atoms with Gasteiger partial charge in [0.1, 0.15) is 18.3 Å². The van der Waals surface area contributed by atoms with Crippen molar-refractivity contribution in [2.24, 2.45) is 0 Å². The maximum absolute atomic E-state index is 11.5. The van der Waals surface area contributed by atoms with Crippen molar-refractivity contribution in [1.29, 1.82) is 0 Å². The number of nitrogen functional groups attached to an aromatic ring is 1. The van der Waals surface area contributed by atoms with Gasteiger partial charge in [0, 0.05) is 12.7 Å². The molecule has 1 saturated carbocycles. The fraction of sp³-hybridized carbons (Fsp3) is 0.700. The van der Waals surface area contributed by atoms with E-state index in [0.717, 1.165) is 25.7 Å². The van der Waals surface area contributed by atoms with Crippen LogP contribution in [-0.4, -0.2) is 60.6 Å². The quantitative estimate of drug-likeness (QED) is 0.728. The molecule has 0 radical (unpaired) electrons. The van der Waals surface area contributed by atoms with Crippen LogP contribution in [0.25, 0.3) is 11.2 Å². The van der Waals surface area contributed by atoms with Crippen molar-refractivity contribution in [3.63, 3.8) is 0 Å². The van der Waals surface area contributed by atoms with E-state index in [2.05, 4.69) is 15.0 Å². The number of hydrogen-bond donors (Lipinski definition) is 1. The number of imidazole rings is 1. The topological polar surface area (TPSA) is 124 Å². The smallest absolute Gasteiger partial charge is 0.320 e. The first-order valence-electron chi connectivity index (χ1n) is 10.6. The van der Waals surface area contributed by atoms with Crippen molar-refractivity contribution >= 4 is 33.9 Å². The first-order chi connectivity index (χ1) is 14.8. The van der Waals surface area contributed by atoms with E-state index in [1.165, 1.54) is 11.8 Å². The van der Waals surface area contributed by atoms with Crippen molar-refractivity contribution in [2.45, 2.75) is 82.9 Å². The zero-order valence-corrected chi connectivity index (χ0v) is 18.6. The Balaban J connectivity index is 1.47. The van der Waals surface area contributed by atoms with Crippen LogP contribution in [0.4, 0.5) is 5.82 Å². The molecule has 2 N–H and O–H groups in total. The minimum absolute atomic E-state index is 0.0316. The second-order valence-corrected chi connectivity index (χ2v) is 9.87. The highest BCUT2D eigenvalue weighted by Crippen LogP contribution is 2.44. The van der Waals surface area contributed by atoms with E-state index in [1.807, 2.05) is 13.8 Å². The van der Waals surface area contributed by atoms with Gasteiger partial charge in [-0.05, 0) is 39.5 Å². The SMILES string of the molecule is CC(=O)SC[C@H]1O[C@@H](n2cnc3c(N)nc(OC4CCCC4)nc32)[C@@H]2OC(C)(C)O[C@@H]21. The number of hydrogen-bond acceptors (Lipinski definition) is 10. The summed E-state index contributed by atoms with van der Waals surface area (Å²) < 4.78 is 26.3. The van der Waals surface area contributed by atoms with Gasteiger partial charge in [0.25, 0.3) is 0 Å². The minimum Gasteiger partial charge on any atom is -0.460 e. The summed E-state index contributed by atoms with van der Waals surface area (Å²) in [6, 6.07) is 0.251. The zero-order valence-electron chi connectivity index (χ0n) is 17.8. The van der Waals surface area contributed by atoms with E-state index in [0.29, 0.717) is 16.9 Å². The lowest BCUT2D eigenvalue weighted by molar-refractivity contribution is -0.193. The summed E-state index contributed by atoms with van der Waals surface area (Å²) in [4.78, 5) is 24.8. The highest BCUT2D eigenvalue weighted by molar-refractivity contribution is 8.13. The lowest BCUT2D eigenvalue weighted by Gasteiger charge is -2.24. The average molecular weight is 450 g/mol. The lowest BCUT2D eigenvalue weighted by Crippen LogP contribution is -2.31. The third kappa shape index (κ3) is 3.99. The number of thioether (sulfide) groups is 1. The maximum atomic E-state index is 11.5. The summed E-state index contributed by atoms with van der Waals surface area (Å²) in [6.45, 7) is 5.29. The fourth-order valence-corrected chi connectivity index (χ4v) is 5.20. The number of ether oxygens (including phenoxy) is 4. The van der Waals surface area contributed by atoms with Crippen LogP contribution < -0.4 is 10.5 Å². The number of rotatable bonds is 5. The molecule has 2 saturated heterocycles. The third-order valence-corrected chi connectivity index (χ3v) is 6.75. The van der Waals surface area contributed by atoms with Crippen LogP contribution in [0.5, 0.6) is 6.01 Å². The van der Waals surface area contributed by atoms with Gasteiger partial charge in [-0.25, -0.2) is 4.98 Å². The molecule has 2 aromatic rings. The molecule has 2 aliphatic heterocycles. The first-order valence-corrected chi connectivity index (χ1v) is 11.6. The molecule has 0 amide bonds. The summed E-state index contributed by atoms with van der Waals surface area (Å²) in [5, 5.41) is 0.0316. The van der Waals surface area contributed by atoms with Crippen LogP contribution in [-0.2, 0) is 19.0 Å². The fourth-order valence-electron chi connectivity index (χ4n) is 4.53. The lowest BCUT2D eigenvalue weighted by atomic mass is 10.1. The second-order valence-electron chi connectivity index (χ2n) is 8.67. The summed E-state index contributed by atoms with van der Waals surface area (Å²) in [5.74, 6) is -0.0111. The molecule has 168 valence electrons. The molecule has 2 aromatic heterocycles. The van der Waals surface area contributed by atoms with Crippen molar-refractivity contribution in [3.05, 3.63) is 6.33 Å². The van der Waals surface area contributed by atoms with Crippen molar-refractivity contribution in [1.82, 2.24) is 19.5 Å². The summed E-state index contributed by atoms with van der Waals surface area (Å²) in [6.07, 6.45) is 4.50. The molecular weight excluding hydrogens is 422 g/mol. The molecule has 11 heteroatoms. The number of carbonyl (C=O) groups is 1. The summed E-state index contributed by atoms with van der Waals surface area (Å²) >= 11 is 1.21. The molecule has 0 unspecified atom stereocenters. The highest BCUT2D eigenvalue weighted by atomic mass is 32.2. The predicted molar refractivity (Wildman–Crippen MR) is 113 cm³/mol. The molecular formula is C20H27N5O5S.